The quantitative estimate of drug-likeness (QED) is 0.740. The van der Waals surface area contributed by atoms with E-state index < -0.39 is 0 Å². The smallest absolute Gasteiger partial charge is 0.261 e. The van der Waals surface area contributed by atoms with E-state index in [1.807, 2.05) is 35.7 Å². The Hall–Kier alpha value is -2.73. The van der Waals surface area contributed by atoms with Gasteiger partial charge in [0, 0.05) is 29.6 Å². The summed E-state index contributed by atoms with van der Waals surface area (Å²) in [7, 11) is 0. The highest BCUT2D eigenvalue weighted by molar-refractivity contribution is 7.09. The molecule has 0 unspecified atom stereocenters. The second-order valence-corrected chi connectivity index (χ2v) is 6.78. The van der Waals surface area contributed by atoms with Crippen molar-refractivity contribution < 1.29 is 4.79 Å². The fourth-order valence-corrected chi connectivity index (χ4v) is 3.48. The number of aromatic nitrogens is 2. The molecule has 0 atom stereocenters. The molecule has 0 aliphatic carbocycles. The molecule has 0 saturated carbocycles. The van der Waals surface area contributed by atoms with E-state index in [2.05, 4.69) is 15.3 Å². The van der Waals surface area contributed by atoms with Crippen molar-refractivity contribution in [3.63, 3.8) is 0 Å². The number of carbonyl (C=O) groups is 1. The highest BCUT2D eigenvalue weighted by Gasteiger charge is 2.14. The molecule has 2 heterocycles. The number of carbonyl (C=O) groups excluding carboxylic acids is 1. The summed E-state index contributed by atoms with van der Waals surface area (Å²) in [6.07, 6.45) is 0.631. The summed E-state index contributed by atoms with van der Waals surface area (Å²) >= 11 is 1.57. The number of aryl methyl sites for hydroxylation is 2. The number of benzene rings is 1. The summed E-state index contributed by atoms with van der Waals surface area (Å²) in [6, 6.07) is 11.8. The lowest BCUT2D eigenvalue weighted by molar-refractivity contribution is 0.0952. The van der Waals surface area contributed by atoms with E-state index in [0.29, 0.717) is 18.5 Å². The normalized spacial score (nSPS) is 10.6. The Labute approximate surface area is 149 Å². The van der Waals surface area contributed by atoms with E-state index in [1.54, 1.807) is 31.3 Å². The average Bonchev–Trinajstić information content (AvgIpc) is 3.03. The van der Waals surface area contributed by atoms with Crippen LogP contribution in [0.3, 0.4) is 0 Å². The van der Waals surface area contributed by atoms with Crippen LogP contribution in [0.15, 0.2) is 46.6 Å². The third-order valence-electron chi connectivity index (χ3n) is 3.84. The topological polar surface area (TPSA) is 74.8 Å². The standard InChI is InChI=1S/C19H19N3O2S/c1-12-10-13(2)21-19(24)17(12)18(23)20-9-8-16-22-15(11-25-16)14-6-4-3-5-7-14/h3-7,10-11H,8-9H2,1-2H3,(H,20,23)(H,21,24). The number of aromatic amines is 1. The number of pyridine rings is 1. The van der Waals surface area contributed by atoms with Crippen LogP contribution in [-0.2, 0) is 6.42 Å². The Bertz CT molecular complexity index is 945. The highest BCUT2D eigenvalue weighted by Crippen LogP contribution is 2.21. The van der Waals surface area contributed by atoms with Crippen LogP contribution < -0.4 is 10.9 Å². The summed E-state index contributed by atoms with van der Waals surface area (Å²) in [5.41, 5.74) is 3.27. The molecule has 5 nitrogen and oxygen atoms in total. The minimum absolute atomic E-state index is 0.176. The van der Waals surface area contributed by atoms with Gasteiger partial charge in [-0.25, -0.2) is 4.98 Å². The predicted molar refractivity (Wildman–Crippen MR) is 100 cm³/mol. The molecule has 0 aliphatic rings. The van der Waals surface area contributed by atoms with E-state index in [1.165, 1.54) is 0 Å². The molecule has 1 aromatic carbocycles. The Morgan fingerprint density at radius 1 is 1.24 bits per heavy atom. The maximum absolute atomic E-state index is 12.3. The van der Waals surface area contributed by atoms with Crippen LogP contribution in [0.25, 0.3) is 11.3 Å². The maximum Gasteiger partial charge on any atom is 0.261 e. The minimum Gasteiger partial charge on any atom is -0.351 e. The van der Waals surface area contributed by atoms with E-state index in [-0.39, 0.29) is 17.0 Å². The molecule has 0 spiro atoms. The number of nitrogens with zero attached hydrogens (tertiary/aromatic N) is 1. The van der Waals surface area contributed by atoms with Crippen molar-refractivity contribution in [2.24, 2.45) is 0 Å². The van der Waals surface area contributed by atoms with Crippen LogP contribution in [0.1, 0.15) is 26.6 Å². The largest absolute Gasteiger partial charge is 0.351 e. The fourth-order valence-electron chi connectivity index (χ4n) is 2.67. The molecule has 6 heteroatoms. The van der Waals surface area contributed by atoms with Crippen molar-refractivity contribution in [3.8, 4) is 11.3 Å². The molecular formula is C19H19N3O2S. The Balaban J connectivity index is 1.61. The van der Waals surface area contributed by atoms with Crippen molar-refractivity contribution in [2.45, 2.75) is 20.3 Å². The monoisotopic (exact) mass is 353 g/mol. The lowest BCUT2D eigenvalue weighted by atomic mass is 10.1. The molecule has 0 bridgehead atoms. The first-order chi connectivity index (χ1) is 12.0. The molecule has 3 aromatic rings. The van der Waals surface area contributed by atoms with Gasteiger partial charge >= 0.3 is 0 Å². The molecular weight excluding hydrogens is 334 g/mol. The van der Waals surface area contributed by atoms with Gasteiger partial charge in [-0.2, -0.15) is 0 Å². The van der Waals surface area contributed by atoms with Crippen LogP contribution in [0, 0.1) is 13.8 Å². The van der Waals surface area contributed by atoms with Crippen molar-refractivity contribution in [1.82, 2.24) is 15.3 Å². The summed E-state index contributed by atoms with van der Waals surface area (Å²) in [5, 5.41) is 5.77. The van der Waals surface area contributed by atoms with E-state index in [4.69, 9.17) is 0 Å². The van der Waals surface area contributed by atoms with Crippen molar-refractivity contribution in [2.75, 3.05) is 6.54 Å². The van der Waals surface area contributed by atoms with Crippen LogP contribution in [0.4, 0.5) is 0 Å². The van der Waals surface area contributed by atoms with Gasteiger partial charge < -0.3 is 10.3 Å². The molecule has 25 heavy (non-hydrogen) atoms. The minimum atomic E-state index is -0.351. The number of hydrogen-bond acceptors (Lipinski definition) is 4. The SMILES string of the molecule is Cc1cc(C)c(C(=O)NCCc2nc(-c3ccccc3)cs2)c(=O)[nH]1. The van der Waals surface area contributed by atoms with Gasteiger partial charge in [-0.05, 0) is 25.5 Å². The maximum atomic E-state index is 12.3. The number of H-pyrrole nitrogens is 1. The first-order valence-corrected chi connectivity index (χ1v) is 8.91. The predicted octanol–water partition coefficient (Wildman–Crippen LogP) is 3.09. The van der Waals surface area contributed by atoms with Gasteiger partial charge in [0.1, 0.15) is 5.56 Å². The summed E-state index contributed by atoms with van der Waals surface area (Å²) in [5.74, 6) is -0.349. The van der Waals surface area contributed by atoms with Crippen LogP contribution >= 0.6 is 11.3 Å². The molecule has 128 valence electrons. The van der Waals surface area contributed by atoms with Gasteiger partial charge in [-0.3, -0.25) is 9.59 Å². The van der Waals surface area contributed by atoms with Gasteiger partial charge in [0.25, 0.3) is 11.5 Å². The van der Waals surface area contributed by atoms with E-state index in [0.717, 1.165) is 22.0 Å². The molecule has 0 radical (unpaired) electrons. The van der Waals surface area contributed by atoms with Crippen molar-refractivity contribution >= 4 is 17.2 Å². The number of hydrogen-bond donors (Lipinski definition) is 2. The van der Waals surface area contributed by atoms with Gasteiger partial charge in [0.05, 0.1) is 10.7 Å². The molecule has 0 saturated heterocycles. The zero-order chi connectivity index (χ0) is 17.8. The van der Waals surface area contributed by atoms with Gasteiger partial charge in [0.15, 0.2) is 0 Å². The van der Waals surface area contributed by atoms with Crippen LogP contribution in [-0.4, -0.2) is 22.4 Å². The molecule has 2 N–H and O–H groups in total. The summed E-state index contributed by atoms with van der Waals surface area (Å²) in [6.45, 7) is 4.00. The van der Waals surface area contributed by atoms with Crippen LogP contribution in [0.5, 0.6) is 0 Å². The molecule has 2 aromatic heterocycles. The number of amides is 1. The third-order valence-corrected chi connectivity index (χ3v) is 4.75. The average molecular weight is 353 g/mol. The first kappa shape index (κ1) is 17.1. The van der Waals surface area contributed by atoms with Crippen molar-refractivity contribution in [3.05, 3.63) is 74.0 Å². The zero-order valence-electron chi connectivity index (χ0n) is 14.1. The fraction of sp³-hybridized carbons (Fsp3) is 0.211. The number of thiazole rings is 1. The summed E-state index contributed by atoms with van der Waals surface area (Å²) in [4.78, 5) is 31.5. The van der Waals surface area contributed by atoms with E-state index >= 15 is 0 Å². The second kappa shape index (κ2) is 7.44. The molecule has 0 fully saturated rings. The van der Waals surface area contributed by atoms with Crippen LogP contribution in [0.2, 0.25) is 0 Å². The number of rotatable bonds is 5. The van der Waals surface area contributed by atoms with Gasteiger partial charge in [0.2, 0.25) is 0 Å². The lowest BCUT2D eigenvalue weighted by Gasteiger charge is -2.07. The number of nitrogens with one attached hydrogen (secondary N) is 2. The Morgan fingerprint density at radius 2 is 2.00 bits per heavy atom. The third kappa shape index (κ3) is 4.03. The second-order valence-electron chi connectivity index (χ2n) is 5.84. The lowest BCUT2D eigenvalue weighted by Crippen LogP contribution is -2.32. The molecule has 3 rings (SSSR count). The summed E-state index contributed by atoms with van der Waals surface area (Å²) < 4.78 is 0. The first-order valence-electron chi connectivity index (χ1n) is 8.03. The van der Waals surface area contributed by atoms with Gasteiger partial charge in [-0.1, -0.05) is 30.3 Å². The Kier molecular flexibility index (Phi) is 5.09. The van der Waals surface area contributed by atoms with Crippen molar-refractivity contribution in [1.29, 1.82) is 0 Å². The van der Waals surface area contributed by atoms with Gasteiger partial charge in [-0.15, -0.1) is 11.3 Å². The Morgan fingerprint density at radius 3 is 2.72 bits per heavy atom. The molecule has 0 aliphatic heterocycles. The highest BCUT2D eigenvalue weighted by atomic mass is 32.1. The molecule has 1 amide bonds. The van der Waals surface area contributed by atoms with E-state index in [9.17, 15) is 9.59 Å². The zero-order valence-corrected chi connectivity index (χ0v) is 14.9.